The lowest BCUT2D eigenvalue weighted by Crippen LogP contribution is -2.14. The van der Waals surface area contributed by atoms with Crippen LogP contribution in [0.3, 0.4) is 0 Å². The molecule has 21 heavy (non-hydrogen) atoms. The molecule has 0 aliphatic carbocycles. The summed E-state index contributed by atoms with van der Waals surface area (Å²) in [5, 5.41) is 15.1. The number of para-hydroxylation sites is 1. The van der Waals surface area contributed by atoms with E-state index in [0.717, 1.165) is 11.4 Å². The summed E-state index contributed by atoms with van der Waals surface area (Å²) in [6.45, 7) is 2.00. The molecular formula is C14H13N5OS. The first-order valence-corrected chi connectivity index (χ1v) is 7.37. The summed E-state index contributed by atoms with van der Waals surface area (Å²) in [6, 6.07) is 9.74. The summed E-state index contributed by atoms with van der Waals surface area (Å²) in [5.41, 5.74) is 3.92. The number of hydrogen-bond donors (Lipinski definition) is 1. The van der Waals surface area contributed by atoms with Crippen LogP contribution in [0.4, 0.5) is 5.13 Å². The second kappa shape index (κ2) is 5.84. The van der Waals surface area contributed by atoms with Gasteiger partial charge in [0, 0.05) is 0 Å². The highest BCUT2D eigenvalue weighted by Gasteiger charge is 2.17. The highest BCUT2D eigenvalue weighted by molar-refractivity contribution is 7.13. The minimum atomic E-state index is -0.217. The van der Waals surface area contributed by atoms with Crippen molar-refractivity contribution in [1.82, 2.24) is 20.0 Å². The Balaban J connectivity index is 1.93. The van der Waals surface area contributed by atoms with E-state index >= 15 is 0 Å². The molecule has 0 fully saturated rings. The van der Waals surface area contributed by atoms with Gasteiger partial charge in [-0.2, -0.15) is 5.10 Å². The van der Waals surface area contributed by atoms with Crippen LogP contribution < -0.4 is 5.32 Å². The second-order valence-corrected chi connectivity index (χ2v) is 5.14. The van der Waals surface area contributed by atoms with Crippen LogP contribution in [0.25, 0.3) is 5.69 Å². The Bertz CT molecular complexity index is 736. The lowest BCUT2D eigenvalue weighted by molar-refractivity contribution is 0.102. The van der Waals surface area contributed by atoms with Gasteiger partial charge in [-0.3, -0.25) is 10.1 Å². The van der Waals surface area contributed by atoms with E-state index in [0.29, 0.717) is 17.1 Å². The largest absolute Gasteiger partial charge is 0.296 e. The molecule has 0 saturated carbocycles. The average molecular weight is 299 g/mol. The van der Waals surface area contributed by atoms with E-state index in [4.69, 9.17) is 0 Å². The van der Waals surface area contributed by atoms with Gasteiger partial charge in [-0.1, -0.05) is 36.5 Å². The van der Waals surface area contributed by atoms with Crippen LogP contribution in [0.2, 0.25) is 0 Å². The number of amides is 1. The van der Waals surface area contributed by atoms with Gasteiger partial charge in [0.25, 0.3) is 5.91 Å². The molecule has 1 amide bonds. The number of benzene rings is 1. The van der Waals surface area contributed by atoms with Crippen molar-refractivity contribution in [2.45, 2.75) is 13.3 Å². The summed E-state index contributed by atoms with van der Waals surface area (Å²) < 4.78 is 1.79. The van der Waals surface area contributed by atoms with Crippen molar-refractivity contribution in [2.75, 3.05) is 5.32 Å². The Morgan fingerprint density at radius 1 is 1.33 bits per heavy atom. The minimum absolute atomic E-state index is 0.217. The Morgan fingerprint density at radius 3 is 2.81 bits per heavy atom. The zero-order valence-electron chi connectivity index (χ0n) is 11.4. The smallest absolute Gasteiger partial charge is 0.260 e. The maximum Gasteiger partial charge on any atom is 0.260 e. The molecule has 106 valence electrons. The number of nitrogens with one attached hydrogen (secondary N) is 1. The van der Waals surface area contributed by atoms with E-state index < -0.39 is 0 Å². The summed E-state index contributed by atoms with van der Waals surface area (Å²) in [4.78, 5) is 12.3. The number of nitrogens with zero attached hydrogens (tertiary/aromatic N) is 4. The summed E-state index contributed by atoms with van der Waals surface area (Å²) in [5.74, 6) is -0.217. The van der Waals surface area contributed by atoms with E-state index in [2.05, 4.69) is 20.6 Å². The molecule has 0 aliphatic rings. The number of anilines is 1. The molecule has 0 bridgehead atoms. The molecule has 1 N–H and O–H groups in total. The quantitative estimate of drug-likeness (QED) is 0.803. The number of rotatable bonds is 4. The molecule has 0 aliphatic heterocycles. The summed E-state index contributed by atoms with van der Waals surface area (Å²) >= 11 is 1.28. The molecule has 2 heterocycles. The molecule has 6 nitrogen and oxygen atoms in total. The van der Waals surface area contributed by atoms with Crippen LogP contribution >= 0.6 is 11.3 Å². The molecule has 3 rings (SSSR count). The van der Waals surface area contributed by atoms with Crippen LogP contribution in [-0.2, 0) is 6.42 Å². The number of hydrogen-bond acceptors (Lipinski definition) is 5. The first-order chi connectivity index (χ1) is 10.3. The molecule has 1 aromatic carbocycles. The van der Waals surface area contributed by atoms with E-state index in [1.807, 2.05) is 37.3 Å². The summed E-state index contributed by atoms with van der Waals surface area (Å²) in [6.07, 6.45) is 2.29. The Labute approximate surface area is 125 Å². The first-order valence-electron chi connectivity index (χ1n) is 6.49. The maximum absolute atomic E-state index is 12.3. The van der Waals surface area contributed by atoms with Gasteiger partial charge in [0.1, 0.15) is 5.51 Å². The van der Waals surface area contributed by atoms with Crippen molar-refractivity contribution < 1.29 is 4.79 Å². The molecule has 0 unspecified atom stereocenters. The van der Waals surface area contributed by atoms with Gasteiger partial charge in [-0.25, -0.2) is 4.68 Å². The Morgan fingerprint density at radius 2 is 2.14 bits per heavy atom. The highest BCUT2D eigenvalue weighted by atomic mass is 32.1. The maximum atomic E-state index is 12.3. The zero-order valence-corrected chi connectivity index (χ0v) is 12.2. The van der Waals surface area contributed by atoms with Gasteiger partial charge in [-0.15, -0.1) is 10.2 Å². The third-order valence-corrected chi connectivity index (χ3v) is 3.64. The average Bonchev–Trinajstić information content (AvgIpc) is 3.16. The van der Waals surface area contributed by atoms with Gasteiger partial charge in [0.05, 0.1) is 23.1 Å². The topological polar surface area (TPSA) is 72.7 Å². The third-order valence-electron chi connectivity index (χ3n) is 3.03. The van der Waals surface area contributed by atoms with Gasteiger partial charge in [-0.05, 0) is 18.6 Å². The Hall–Kier alpha value is -2.54. The molecule has 0 radical (unpaired) electrons. The lowest BCUT2D eigenvalue weighted by atomic mass is 10.2. The van der Waals surface area contributed by atoms with Crippen LogP contribution in [0.1, 0.15) is 23.0 Å². The van der Waals surface area contributed by atoms with Crippen molar-refractivity contribution in [3.05, 3.63) is 53.3 Å². The van der Waals surface area contributed by atoms with Crippen molar-refractivity contribution in [1.29, 1.82) is 0 Å². The predicted octanol–water partition coefficient (Wildman–Crippen LogP) is 2.54. The van der Waals surface area contributed by atoms with Crippen molar-refractivity contribution in [3.63, 3.8) is 0 Å². The molecule has 0 saturated heterocycles. The van der Waals surface area contributed by atoms with Gasteiger partial charge >= 0.3 is 0 Å². The number of carbonyl (C=O) groups is 1. The SMILES string of the molecule is CCc1c(C(=O)Nc2nncs2)cnn1-c1ccccc1. The van der Waals surface area contributed by atoms with Crippen LogP contribution in [0, 0.1) is 0 Å². The fourth-order valence-corrected chi connectivity index (χ4v) is 2.53. The standard InChI is InChI=1S/C14H13N5OS/c1-2-12-11(13(20)17-14-18-15-9-21-14)8-16-19(12)10-6-4-3-5-7-10/h3-9H,2H2,1H3,(H,17,18,20). The molecular weight excluding hydrogens is 286 g/mol. The van der Waals surface area contributed by atoms with Crippen molar-refractivity contribution in [2.24, 2.45) is 0 Å². The molecule has 7 heteroatoms. The highest BCUT2D eigenvalue weighted by Crippen LogP contribution is 2.17. The number of carbonyl (C=O) groups excluding carboxylic acids is 1. The van der Waals surface area contributed by atoms with Crippen molar-refractivity contribution >= 4 is 22.4 Å². The van der Waals surface area contributed by atoms with Gasteiger partial charge in [0.2, 0.25) is 5.13 Å². The van der Waals surface area contributed by atoms with Gasteiger partial charge in [0.15, 0.2) is 0 Å². The third kappa shape index (κ3) is 2.68. The van der Waals surface area contributed by atoms with Crippen molar-refractivity contribution in [3.8, 4) is 5.69 Å². The fourth-order valence-electron chi connectivity index (χ4n) is 2.09. The van der Waals surface area contributed by atoms with E-state index in [1.165, 1.54) is 11.3 Å². The predicted molar refractivity (Wildman–Crippen MR) is 80.8 cm³/mol. The van der Waals surface area contributed by atoms with E-state index in [9.17, 15) is 4.79 Å². The van der Waals surface area contributed by atoms with Crippen LogP contribution in [0.5, 0.6) is 0 Å². The first kappa shape index (κ1) is 13.4. The van der Waals surface area contributed by atoms with Gasteiger partial charge < -0.3 is 0 Å². The normalized spacial score (nSPS) is 10.5. The van der Waals surface area contributed by atoms with E-state index in [-0.39, 0.29) is 5.91 Å². The summed E-state index contributed by atoms with van der Waals surface area (Å²) in [7, 11) is 0. The van der Waals surface area contributed by atoms with E-state index in [1.54, 1.807) is 16.4 Å². The Kier molecular flexibility index (Phi) is 3.74. The van der Waals surface area contributed by atoms with Crippen LogP contribution in [0.15, 0.2) is 42.0 Å². The minimum Gasteiger partial charge on any atom is -0.296 e. The second-order valence-electron chi connectivity index (χ2n) is 4.30. The monoisotopic (exact) mass is 299 g/mol. The molecule has 2 aromatic heterocycles. The van der Waals surface area contributed by atoms with Crippen LogP contribution in [-0.4, -0.2) is 25.9 Å². The molecule has 3 aromatic rings. The zero-order chi connectivity index (χ0) is 14.7. The number of aromatic nitrogens is 4. The molecule has 0 spiro atoms. The fraction of sp³-hybridized carbons (Fsp3) is 0.143. The lowest BCUT2D eigenvalue weighted by Gasteiger charge is -2.07. The molecule has 0 atom stereocenters.